The normalized spacial score (nSPS) is 14.6. The van der Waals surface area contributed by atoms with Gasteiger partial charge in [0.25, 0.3) is 0 Å². The lowest BCUT2D eigenvalue weighted by Gasteiger charge is -2.37. The Bertz CT molecular complexity index is 849. The summed E-state index contributed by atoms with van der Waals surface area (Å²) in [4.78, 5) is 18.5. The molecule has 0 N–H and O–H groups in total. The van der Waals surface area contributed by atoms with Crippen LogP contribution in [0.1, 0.15) is 17.4 Å². The van der Waals surface area contributed by atoms with Gasteiger partial charge in [0.2, 0.25) is 17.6 Å². The standard InChI is InChI=1S/C17H17N5O2/c1-21-9-12(8-18-21)7-15(23)22-10-14(11-22)17-19-16(20-24-17)13-5-3-2-4-6-13/h2-6,8-9,14H,7,10-11H2,1H3. The fourth-order valence-corrected chi connectivity index (χ4v) is 2.79. The van der Waals surface area contributed by atoms with E-state index in [4.69, 9.17) is 4.52 Å². The highest BCUT2D eigenvalue weighted by molar-refractivity contribution is 5.79. The number of aromatic nitrogens is 4. The summed E-state index contributed by atoms with van der Waals surface area (Å²) >= 11 is 0. The predicted molar refractivity (Wildman–Crippen MR) is 86.0 cm³/mol. The number of carbonyl (C=O) groups excluding carboxylic acids is 1. The van der Waals surface area contributed by atoms with Crippen LogP contribution in [0.2, 0.25) is 0 Å². The lowest BCUT2D eigenvalue weighted by Crippen LogP contribution is -2.49. The summed E-state index contributed by atoms with van der Waals surface area (Å²) in [5, 5.41) is 8.11. The maximum absolute atomic E-state index is 12.2. The number of amides is 1. The molecule has 0 spiro atoms. The third-order valence-electron chi connectivity index (χ3n) is 4.17. The predicted octanol–water partition coefficient (Wildman–Crippen LogP) is 1.64. The van der Waals surface area contributed by atoms with Crippen molar-refractivity contribution >= 4 is 5.91 Å². The van der Waals surface area contributed by atoms with Crippen molar-refractivity contribution in [3.63, 3.8) is 0 Å². The van der Waals surface area contributed by atoms with Crippen molar-refractivity contribution in [2.75, 3.05) is 13.1 Å². The van der Waals surface area contributed by atoms with Gasteiger partial charge in [-0.05, 0) is 5.56 Å². The minimum absolute atomic E-state index is 0.0991. The molecular weight excluding hydrogens is 306 g/mol. The van der Waals surface area contributed by atoms with Crippen molar-refractivity contribution < 1.29 is 9.32 Å². The van der Waals surface area contributed by atoms with Gasteiger partial charge < -0.3 is 9.42 Å². The Balaban J connectivity index is 1.36. The summed E-state index contributed by atoms with van der Waals surface area (Å²) in [5.41, 5.74) is 1.85. The number of hydrogen-bond donors (Lipinski definition) is 0. The molecule has 1 amide bonds. The van der Waals surface area contributed by atoms with Crippen molar-refractivity contribution in [2.24, 2.45) is 7.05 Å². The molecule has 0 bridgehead atoms. The summed E-state index contributed by atoms with van der Waals surface area (Å²) in [5.74, 6) is 1.40. The second-order valence-corrected chi connectivity index (χ2v) is 6.02. The molecule has 3 aromatic rings. The molecule has 24 heavy (non-hydrogen) atoms. The Kier molecular flexibility index (Phi) is 3.60. The molecule has 3 heterocycles. The zero-order valence-electron chi connectivity index (χ0n) is 13.3. The topological polar surface area (TPSA) is 77.0 Å². The van der Waals surface area contributed by atoms with Crippen LogP contribution in [-0.4, -0.2) is 43.8 Å². The first-order valence-electron chi connectivity index (χ1n) is 7.83. The quantitative estimate of drug-likeness (QED) is 0.729. The van der Waals surface area contributed by atoms with E-state index in [-0.39, 0.29) is 11.8 Å². The zero-order valence-corrected chi connectivity index (χ0v) is 13.3. The molecule has 0 aliphatic carbocycles. The van der Waals surface area contributed by atoms with Crippen molar-refractivity contribution in [3.8, 4) is 11.4 Å². The second-order valence-electron chi connectivity index (χ2n) is 6.02. The fraction of sp³-hybridized carbons (Fsp3) is 0.294. The van der Waals surface area contributed by atoms with Gasteiger partial charge in [-0.25, -0.2) is 0 Å². The third-order valence-corrected chi connectivity index (χ3v) is 4.17. The summed E-state index contributed by atoms with van der Waals surface area (Å²) in [6, 6.07) is 9.71. The number of carbonyl (C=O) groups is 1. The van der Waals surface area contributed by atoms with Gasteiger partial charge in [-0.3, -0.25) is 9.48 Å². The molecule has 1 aromatic carbocycles. The maximum Gasteiger partial charge on any atom is 0.233 e. The SMILES string of the molecule is Cn1cc(CC(=O)N2CC(c3nc(-c4ccccc4)no3)C2)cn1. The third kappa shape index (κ3) is 2.80. The molecule has 0 radical (unpaired) electrons. The molecule has 1 aliphatic heterocycles. The Morgan fingerprint density at radius 1 is 1.29 bits per heavy atom. The lowest BCUT2D eigenvalue weighted by atomic mass is 9.99. The van der Waals surface area contributed by atoms with Gasteiger partial charge in [-0.15, -0.1) is 0 Å². The smallest absolute Gasteiger partial charge is 0.233 e. The van der Waals surface area contributed by atoms with Crippen LogP contribution >= 0.6 is 0 Å². The Morgan fingerprint density at radius 2 is 2.08 bits per heavy atom. The molecule has 0 atom stereocenters. The van der Waals surface area contributed by atoms with Crippen LogP contribution in [0.25, 0.3) is 11.4 Å². The van der Waals surface area contributed by atoms with E-state index in [1.54, 1.807) is 10.9 Å². The van der Waals surface area contributed by atoms with Gasteiger partial charge in [0, 0.05) is 31.9 Å². The summed E-state index contributed by atoms with van der Waals surface area (Å²) in [6.07, 6.45) is 3.96. The van der Waals surface area contributed by atoms with Crippen molar-refractivity contribution in [1.82, 2.24) is 24.8 Å². The Hall–Kier alpha value is -2.96. The summed E-state index contributed by atoms with van der Waals surface area (Å²) in [6.45, 7) is 1.24. The van der Waals surface area contributed by atoms with Crippen LogP contribution < -0.4 is 0 Å². The molecule has 1 aliphatic rings. The summed E-state index contributed by atoms with van der Waals surface area (Å²) < 4.78 is 7.06. The fourth-order valence-electron chi connectivity index (χ4n) is 2.79. The van der Waals surface area contributed by atoms with Crippen LogP contribution in [0.4, 0.5) is 0 Å². The monoisotopic (exact) mass is 323 g/mol. The second kappa shape index (κ2) is 5.92. The van der Waals surface area contributed by atoms with Gasteiger partial charge in [-0.1, -0.05) is 35.5 Å². The highest BCUT2D eigenvalue weighted by Crippen LogP contribution is 2.28. The van der Waals surface area contributed by atoms with E-state index >= 15 is 0 Å². The van der Waals surface area contributed by atoms with Crippen LogP contribution in [0.15, 0.2) is 47.2 Å². The first-order valence-corrected chi connectivity index (χ1v) is 7.83. The van der Waals surface area contributed by atoms with Crippen LogP contribution in [0.5, 0.6) is 0 Å². The molecule has 1 saturated heterocycles. The Morgan fingerprint density at radius 3 is 2.79 bits per heavy atom. The van der Waals surface area contributed by atoms with Crippen molar-refractivity contribution in [3.05, 3.63) is 54.2 Å². The van der Waals surface area contributed by atoms with Gasteiger partial charge in [0.15, 0.2) is 0 Å². The van der Waals surface area contributed by atoms with Crippen molar-refractivity contribution in [2.45, 2.75) is 12.3 Å². The van der Waals surface area contributed by atoms with Crippen molar-refractivity contribution in [1.29, 1.82) is 0 Å². The molecule has 1 fully saturated rings. The number of benzene rings is 1. The first-order chi connectivity index (χ1) is 11.7. The van der Waals surface area contributed by atoms with E-state index < -0.39 is 0 Å². The van der Waals surface area contributed by atoms with Gasteiger partial charge >= 0.3 is 0 Å². The average Bonchev–Trinajstić information content (AvgIpc) is 3.16. The summed E-state index contributed by atoms with van der Waals surface area (Å²) in [7, 11) is 1.84. The van der Waals surface area contributed by atoms with Gasteiger partial charge in [0.1, 0.15) is 0 Å². The number of hydrogen-bond acceptors (Lipinski definition) is 5. The zero-order chi connectivity index (χ0) is 16.5. The molecule has 7 nitrogen and oxygen atoms in total. The first kappa shape index (κ1) is 14.6. The van der Waals surface area contributed by atoms with E-state index in [2.05, 4.69) is 15.2 Å². The highest BCUT2D eigenvalue weighted by atomic mass is 16.5. The molecule has 2 aromatic heterocycles. The van der Waals surface area contributed by atoms with E-state index in [1.165, 1.54) is 0 Å². The van der Waals surface area contributed by atoms with Gasteiger partial charge in [0.05, 0.1) is 18.5 Å². The average molecular weight is 323 g/mol. The van der Waals surface area contributed by atoms with Crippen LogP contribution in [0, 0.1) is 0 Å². The number of aryl methyl sites for hydroxylation is 1. The number of likely N-dealkylation sites (tertiary alicyclic amines) is 1. The maximum atomic E-state index is 12.2. The van der Waals surface area contributed by atoms with E-state index in [0.717, 1.165) is 11.1 Å². The minimum Gasteiger partial charge on any atom is -0.341 e. The molecule has 7 heteroatoms. The number of nitrogens with zero attached hydrogens (tertiary/aromatic N) is 5. The van der Waals surface area contributed by atoms with E-state index in [0.29, 0.717) is 31.2 Å². The van der Waals surface area contributed by atoms with E-state index in [1.807, 2.05) is 48.5 Å². The molecule has 0 saturated carbocycles. The molecular formula is C17H17N5O2. The number of rotatable bonds is 4. The molecule has 4 rings (SSSR count). The molecule has 0 unspecified atom stereocenters. The van der Waals surface area contributed by atoms with E-state index in [9.17, 15) is 4.79 Å². The highest BCUT2D eigenvalue weighted by Gasteiger charge is 2.35. The Labute approximate surface area is 138 Å². The van der Waals surface area contributed by atoms with Crippen LogP contribution in [-0.2, 0) is 18.3 Å². The minimum atomic E-state index is 0.0991. The molecule has 122 valence electrons. The van der Waals surface area contributed by atoms with Gasteiger partial charge in [-0.2, -0.15) is 10.1 Å². The lowest BCUT2D eigenvalue weighted by molar-refractivity contribution is -0.135. The van der Waals surface area contributed by atoms with Crippen LogP contribution in [0.3, 0.4) is 0 Å². The largest absolute Gasteiger partial charge is 0.341 e.